The summed E-state index contributed by atoms with van der Waals surface area (Å²) in [4.78, 5) is 37.3. The Morgan fingerprint density at radius 2 is 1.00 bits per heavy atom. The Morgan fingerprint density at radius 3 is 1.29 bits per heavy atom. The first kappa shape index (κ1) is 20.8. The highest BCUT2D eigenvalue weighted by atomic mass is 16.5. The van der Waals surface area contributed by atoms with Gasteiger partial charge in [-0.25, -0.2) is 0 Å². The van der Waals surface area contributed by atoms with Crippen LogP contribution in [0, 0.1) is 0 Å². The van der Waals surface area contributed by atoms with Gasteiger partial charge in [0.05, 0.1) is 28.4 Å². The van der Waals surface area contributed by atoms with Gasteiger partial charge in [0.15, 0.2) is 17.3 Å². The van der Waals surface area contributed by atoms with Gasteiger partial charge in [0.25, 0.3) is 0 Å². The highest BCUT2D eigenvalue weighted by Gasteiger charge is 2.25. The number of carbonyl (C=O) groups excluding carboxylic acids is 3. The second-order valence-electron chi connectivity index (χ2n) is 5.70. The molecule has 8 heteroatoms. The summed E-state index contributed by atoms with van der Waals surface area (Å²) in [5.41, 5.74) is 0.113. The van der Waals surface area contributed by atoms with Crippen molar-refractivity contribution >= 4 is 17.3 Å². The molecule has 0 atom stereocenters. The number of ketones is 3. The van der Waals surface area contributed by atoms with Gasteiger partial charge in [-0.2, -0.15) is 0 Å². The van der Waals surface area contributed by atoms with E-state index in [1.807, 2.05) is 0 Å². The molecule has 0 saturated carbocycles. The van der Waals surface area contributed by atoms with Gasteiger partial charge in [-0.3, -0.25) is 14.4 Å². The summed E-state index contributed by atoms with van der Waals surface area (Å²) in [5.74, 6) is -2.13. The molecule has 2 aromatic rings. The molecule has 0 saturated heterocycles. The standard InChI is InChI=1S/C20H20O8/c1-10(21)17-13(25-2)6-11(7-14(17)26-3)18(22)19(23)12-8-15(27-4)20(24)16(9-12)28-5/h6-9,24H,1-5H3. The van der Waals surface area contributed by atoms with E-state index in [1.54, 1.807) is 0 Å². The minimum atomic E-state index is -0.865. The first-order valence-corrected chi connectivity index (χ1v) is 8.09. The summed E-state index contributed by atoms with van der Waals surface area (Å²) in [7, 11) is 5.29. The molecule has 0 radical (unpaired) electrons. The normalized spacial score (nSPS) is 10.2. The quantitative estimate of drug-likeness (QED) is 0.543. The predicted molar refractivity (Wildman–Crippen MR) is 99.4 cm³/mol. The molecule has 148 valence electrons. The monoisotopic (exact) mass is 388 g/mol. The molecule has 0 heterocycles. The molecule has 0 aliphatic carbocycles. The molecule has 0 unspecified atom stereocenters. The van der Waals surface area contributed by atoms with E-state index in [0.717, 1.165) is 0 Å². The van der Waals surface area contributed by atoms with Gasteiger partial charge >= 0.3 is 0 Å². The van der Waals surface area contributed by atoms with E-state index in [0.29, 0.717) is 0 Å². The summed E-state index contributed by atoms with van der Waals surface area (Å²) < 4.78 is 20.4. The zero-order valence-corrected chi connectivity index (χ0v) is 16.1. The number of phenolic OH excluding ortho intramolecular Hbond substituents is 1. The third kappa shape index (κ3) is 3.75. The maximum absolute atomic E-state index is 12.8. The van der Waals surface area contributed by atoms with E-state index in [-0.39, 0.29) is 51.2 Å². The van der Waals surface area contributed by atoms with Crippen LogP contribution in [0.4, 0.5) is 0 Å². The van der Waals surface area contributed by atoms with Crippen LogP contribution in [-0.4, -0.2) is 50.9 Å². The van der Waals surface area contributed by atoms with Gasteiger partial charge in [0.1, 0.15) is 17.1 Å². The SMILES string of the molecule is COc1cc(C(=O)C(=O)c2cc(OC)c(C(C)=O)c(OC)c2)cc(OC)c1O. The largest absolute Gasteiger partial charge is 0.502 e. The molecule has 0 aliphatic heterocycles. The minimum absolute atomic E-state index is 0.0161. The van der Waals surface area contributed by atoms with Crippen molar-refractivity contribution < 1.29 is 38.4 Å². The molecule has 0 amide bonds. The number of methoxy groups -OCH3 is 4. The number of hydrogen-bond donors (Lipinski definition) is 1. The van der Waals surface area contributed by atoms with E-state index in [9.17, 15) is 19.5 Å². The summed E-state index contributed by atoms with van der Waals surface area (Å²) >= 11 is 0. The molecular weight excluding hydrogens is 368 g/mol. The molecule has 1 N–H and O–H groups in total. The van der Waals surface area contributed by atoms with Crippen LogP contribution in [0.15, 0.2) is 24.3 Å². The zero-order valence-electron chi connectivity index (χ0n) is 16.1. The average Bonchev–Trinajstić information content (AvgIpc) is 2.71. The van der Waals surface area contributed by atoms with E-state index < -0.39 is 11.6 Å². The van der Waals surface area contributed by atoms with Gasteiger partial charge in [-0.1, -0.05) is 0 Å². The van der Waals surface area contributed by atoms with Crippen LogP contribution in [0.3, 0.4) is 0 Å². The maximum atomic E-state index is 12.8. The molecule has 0 bridgehead atoms. The molecule has 0 fully saturated rings. The van der Waals surface area contributed by atoms with Gasteiger partial charge < -0.3 is 24.1 Å². The van der Waals surface area contributed by atoms with Crippen molar-refractivity contribution in [3.63, 3.8) is 0 Å². The van der Waals surface area contributed by atoms with Crippen LogP contribution < -0.4 is 18.9 Å². The summed E-state index contributed by atoms with van der Waals surface area (Å²) in [5, 5.41) is 9.96. The summed E-state index contributed by atoms with van der Waals surface area (Å²) in [6.45, 7) is 1.34. The van der Waals surface area contributed by atoms with E-state index in [2.05, 4.69) is 0 Å². The van der Waals surface area contributed by atoms with Crippen LogP contribution in [0.2, 0.25) is 0 Å². The molecule has 8 nitrogen and oxygen atoms in total. The van der Waals surface area contributed by atoms with Crippen LogP contribution in [0.1, 0.15) is 38.0 Å². The Morgan fingerprint density at radius 1 is 0.679 bits per heavy atom. The van der Waals surface area contributed by atoms with Crippen LogP contribution in [0.5, 0.6) is 28.7 Å². The van der Waals surface area contributed by atoms with Crippen LogP contribution in [-0.2, 0) is 0 Å². The fourth-order valence-electron chi connectivity index (χ4n) is 2.68. The second kappa shape index (κ2) is 8.43. The third-order valence-electron chi connectivity index (χ3n) is 4.07. The van der Waals surface area contributed by atoms with Gasteiger partial charge in [-0.15, -0.1) is 0 Å². The number of ether oxygens (including phenoxy) is 4. The van der Waals surface area contributed by atoms with Gasteiger partial charge in [-0.05, 0) is 31.2 Å². The predicted octanol–water partition coefficient (Wildman–Crippen LogP) is 2.69. The van der Waals surface area contributed by atoms with Crippen molar-refractivity contribution in [1.29, 1.82) is 0 Å². The lowest BCUT2D eigenvalue weighted by Gasteiger charge is -2.13. The van der Waals surface area contributed by atoms with Crippen molar-refractivity contribution in [1.82, 2.24) is 0 Å². The minimum Gasteiger partial charge on any atom is -0.502 e. The highest BCUT2D eigenvalue weighted by molar-refractivity contribution is 6.49. The first-order valence-electron chi connectivity index (χ1n) is 8.09. The fourth-order valence-corrected chi connectivity index (χ4v) is 2.68. The van der Waals surface area contributed by atoms with Crippen LogP contribution >= 0.6 is 0 Å². The Balaban J connectivity index is 2.55. The van der Waals surface area contributed by atoms with Crippen molar-refractivity contribution in [2.45, 2.75) is 6.92 Å². The third-order valence-corrected chi connectivity index (χ3v) is 4.07. The second-order valence-corrected chi connectivity index (χ2v) is 5.70. The maximum Gasteiger partial charge on any atom is 0.233 e. The lowest BCUT2D eigenvalue weighted by Crippen LogP contribution is -2.16. The number of Topliss-reactive ketones (excluding diaryl/α,β-unsaturated/α-hetero) is 3. The first-order chi connectivity index (χ1) is 13.3. The lowest BCUT2D eigenvalue weighted by molar-refractivity contribution is 0.0816. The zero-order chi connectivity index (χ0) is 21.0. The number of aromatic hydroxyl groups is 1. The van der Waals surface area contributed by atoms with Crippen molar-refractivity contribution in [2.24, 2.45) is 0 Å². The number of phenols is 1. The number of carbonyl (C=O) groups is 3. The Bertz CT molecular complexity index is 895. The molecule has 0 aromatic heterocycles. The Kier molecular flexibility index (Phi) is 6.25. The Hall–Kier alpha value is -3.55. The topological polar surface area (TPSA) is 108 Å². The lowest BCUT2D eigenvalue weighted by atomic mass is 9.98. The molecule has 0 aliphatic rings. The van der Waals surface area contributed by atoms with E-state index >= 15 is 0 Å². The smallest absolute Gasteiger partial charge is 0.233 e. The average molecular weight is 388 g/mol. The molecule has 2 rings (SSSR count). The van der Waals surface area contributed by atoms with E-state index in [4.69, 9.17) is 18.9 Å². The molecule has 28 heavy (non-hydrogen) atoms. The summed E-state index contributed by atoms with van der Waals surface area (Å²) in [6, 6.07) is 5.07. The van der Waals surface area contributed by atoms with Crippen molar-refractivity contribution in [3.05, 3.63) is 41.0 Å². The summed E-state index contributed by atoms with van der Waals surface area (Å²) in [6.07, 6.45) is 0. The van der Waals surface area contributed by atoms with Gasteiger partial charge in [0, 0.05) is 11.1 Å². The molecule has 2 aromatic carbocycles. The molecule has 0 spiro atoms. The van der Waals surface area contributed by atoms with Gasteiger partial charge in [0.2, 0.25) is 17.3 Å². The number of hydrogen-bond acceptors (Lipinski definition) is 8. The van der Waals surface area contributed by atoms with Crippen LogP contribution in [0.25, 0.3) is 0 Å². The Labute approximate surface area is 161 Å². The van der Waals surface area contributed by atoms with E-state index in [1.165, 1.54) is 59.6 Å². The molecular formula is C20H20O8. The van der Waals surface area contributed by atoms with Crippen molar-refractivity contribution in [2.75, 3.05) is 28.4 Å². The number of rotatable bonds is 8. The highest BCUT2D eigenvalue weighted by Crippen LogP contribution is 2.38. The fraction of sp³-hybridized carbons (Fsp3) is 0.250. The number of benzene rings is 2. The van der Waals surface area contributed by atoms with Crippen molar-refractivity contribution in [3.8, 4) is 28.7 Å².